The topological polar surface area (TPSA) is 24.9 Å². The molecule has 0 saturated heterocycles. The minimum Gasteiger partial charge on any atom is -0.380 e. The summed E-state index contributed by atoms with van der Waals surface area (Å²) >= 11 is 0. The maximum absolute atomic E-state index is 13.1. The van der Waals surface area contributed by atoms with Gasteiger partial charge in [0.15, 0.2) is 0 Å². The Morgan fingerprint density at radius 1 is 1.06 bits per heavy atom. The molecule has 0 fully saturated rings. The van der Waals surface area contributed by atoms with Crippen molar-refractivity contribution in [3.63, 3.8) is 0 Å². The first-order valence-corrected chi connectivity index (χ1v) is 4.95. The van der Waals surface area contributed by atoms with Crippen molar-refractivity contribution in [2.45, 2.75) is 19.3 Å². The van der Waals surface area contributed by atoms with Gasteiger partial charge in [-0.2, -0.15) is 22.5 Å². The van der Waals surface area contributed by atoms with Crippen LogP contribution in [0.2, 0.25) is 0 Å². The molecule has 0 aliphatic rings. The molecule has 1 aromatic heterocycles. The fourth-order valence-corrected chi connectivity index (χ4v) is 1.21. The molecule has 0 aliphatic carbocycles. The average Bonchev–Trinajstić information content (AvgIpc) is 2.30. The van der Waals surface area contributed by atoms with Gasteiger partial charge in [-0.15, -0.1) is 12.3 Å². The van der Waals surface area contributed by atoms with Crippen LogP contribution in [-0.4, -0.2) is 11.5 Å². The lowest BCUT2D eigenvalue weighted by Crippen LogP contribution is -2.10. The van der Waals surface area contributed by atoms with E-state index in [9.17, 15) is 17.6 Å². The predicted molar refractivity (Wildman–Crippen MR) is 55.2 cm³/mol. The number of nitrogens with one attached hydrogen (secondary N) is 1. The summed E-state index contributed by atoms with van der Waals surface area (Å²) in [6.07, 6.45) is 6.74. The second-order valence-corrected chi connectivity index (χ2v) is 3.28. The number of aromatic nitrogens is 1. The zero-order chi connectivity index (χ0) is 12.8. The Bertz CT molecular complexity index is 414. The van der Waals surface area contributed by atoms with Gasteiger partial charge in [-0.05, 0) is 12.8 Å². The largest absolute Gasteiger partial charge is 0.380 e. The maximum atomic E-state index is 13.1. The van der Waals surface area contributed by atoms with Crippen LogP contribution in [0.25, 0.3) is 0 Å². The minimum absolute atomic E-state index is 0.165. The summed E-state index contributed by atoms with van der Waals surface area (Å²) in [5, 5.41) is 2.28. The Labute approximate surface area is 96.1 Å². The number of hydrogen-bond acceptors (Lipinski definition) is 2. The van der Waals surface area contributed by atoms with Gasteiger partial charge in [0.2, 0.25) is 11.6 Å². The molecule has 1 heterocycles. The molecule has 17 heavy (non-hydrogen) atoms. The van der Waals surface area contributed by atoms with Gasteiger partial charge in [-0.3, -0.25) is 0 Å². The molecule has 6 heteroatoms. The molecule has 0 atom stereocenters. The monoisotopic (exact) mass is 246 g/mol. The Morgan fingerprint density at radius 2 is 1.65 bits per heavy atom. The van der Waals surface area contributed by atoms with Gasteiger partial charge in [0.05, 0.1) is 0 Å². The quantitative estimate of drug-likeness (QED) is 0.374. The fourth-order valence-electron chi connectivity index (χ4n) is 1.21. The van der Waals surface area contributed by atoms with Gasteiger partial charge in [-0.1, -0.05) is 0 Å². The van der Waals surface area contributed by atoms with Gasteiger partial charge >= 0.3 is 0 Å². The van der Waals surface area contributed by atoms with Crippen LogP contribution in [0, 0.1) is 35.9 Å². The SMILES string of the molecule is C#CCCCCNc1c(F)c(F)nc(F)c1F. The summed E-state index contributed by atoms with van der Waals surface area (Å²) in [5.74, 6) is -4.00. The average molecular weight is 246 g/mol. The van der Waals surface area contributed by atoms with Crippen molar-refractivity contribution in [1.82, 2.24) is 4.98 Å². The van der Waals surface area contributed by atoms with Crippen LogP contribution in [0.3, 0.4) is 0 Å². The lowest BCUT2D eigenvalue weighted by atomic mass is 10.2. The molecule has 0 aliphatic heterocycles. The van der Waals surface area contributed by atoms with Gasteiger partial charge < -0.3 is 5.32 Å². The normalized spacial score (nSPS) is 10.1. The lowest BCUT2D eigenvalue weighted by molar-refractivity contribution is 0.410. The molecule has 92 valence electrons. The highest BCUT2D eigenvalue weighted by Crippen LogP contribution is 2.21. The van der Waals surface area contributed by atoms with Crippen molar-refractivity contribution in [3.8, 4) is 12.3 Å². The molecule has 0 amide bonds. The van der Waals surface area contributed by atoms with Crippen LogP contribution in [0.4, 0.5) is 23.2 Å². The molecular formula is C11H10F4N2. The van der Waals surface area contributed by atoms with E-state index in [0.717, 1.165) is 0 Å². The fraction of sp³-hybridized carbons (Fsp3) is 0.364. The molecule has 0 radical (unpaired) electrons. The summed E-state index contributed by atoms with van der Waals surface area (Å²) in [7, 11) is 0. The minimum atomic E-state index is -1.67. The van der Waals surface area contributed by atoms with E-state index in [2.05, 4.69) is 16.2 Å². The number of nitrogens with zero attached hydrogens (tertiary/aromatic N) is 1. The number of hydrogen-bond donors (Lipinski definition) is 1. The number of rotatable bonds is 5. The second-order valence-electron chi connectivity index (χ2n) is 3.28. The number of halogens is 4. The standard InChI is InChI=1S/C11H10F4N2/c1-2-3-4-5-6-16-9-7(12)10(14)17-11(15)8(9)13/h1H,3-6H2,(H,16,17). The van der Waals surface area contributed by atoms with E-state index >= 15 is 0 Å². The van der Waals surface area contributed by atoms with Gasteiger partial charge in [-0.25, -0.2) is 0 Å². The highest BCUT2D eigenvalue weighted by molar-refractivity contribution is 5.45. The lowest BCUT2D eigenvalue weighted by Gasteiger charge is -2.08. The zero-order valence-electron chi connectivity index (χ0n) is 8.86. The van der Waals surface area contributed by atoms with Crippen molar-refractivity contribution in [1.29, 1.82) is 0 Å². The Balaban J connectivity index is 2.68. The highest BCUT2D eigenvalue weighted by atomic mass is 19.2. The molecule has 0 saturated carbocycles. The first-order valence-electron chi connectivity index (χ1n) is 4.95. The molecule has 1 rings (SSSR count). The van der Waals surface area contributed by atoms with E-state index in [1.807, 2.05) is 0 Å². The smallest absolute Gasteiger partial charge is 0.253 e. The van der Waals surface area contributed by atoms with E-state index in [0.29, 0.717) is 19.3 Å². The van der Waals surface area contributed by atoms with Crippen LogP contribution in [0.15, 0.2) is 0 Å². The van der Waals surface area contributed by atoms with E-state index in [1.54, 1.807) is 0 Å². The third-order valence-corrected chi connectivity index (χ3v) is 2.05. The Hall–Kier alpha value is -1.77. The van der Waals surface area contributed by atoms with Crippen molar-refractivity contribution in [2.24, 2.45) is 0 Å². The van der Waals surface area contributed by atoms with Crippen molar-refractivity contribution in [2.75, 3.05) is 11.9 Å². The van der Waals surface area contributed by atoms with Crippen LogP contribution >= 0.6 is 0 Å². The van der Waals surface area contributed by atoms with Gasteiger partial charge in [0.1, 0.15) is 5.69 Å². The van der Waals surface area contributed by atoms with Gasteiger partial charge in [0.25, 0.3) is 11.9 Å². The molecule has 2 nitrogen and oxygen atoms in total. The van der Waals surface area contributed by atoms with Crippen LogP contribution in [-0.2, 0) is 0 Å². The number of unbranched alkanes of at least 4 members (excludes halogenated alkanes) is 2. The Morgan fingerprint density at radius 3 is 2.18 bits per heavy atom. The molecule has 0 spiro atoms. The third kappa shape index (κ3) is 3.34. The summed E-state index contributed by atoms with van der Waals surface area (Å²) in [4.78, 5) is 2.44. The maximum Gasteiger partial charge on any atom is 0.253 e. The summed E-state index contributed by atoms with van der Waals surface area (Å²) in [5.41, 5.74) is -0.837. The predicted octanol–water partition coefficient (Wildman–Crippen LogP) is 2.85. The molecule has 1 N–H and O–H groups in total. The summed E-state index contributed by atoms with van der Waals surface area (Å²) in [6, 6.07) is 0. The molecule has 0 aromatic carbocycles. The molecule has 0 unspecified atom stereocenters. The van der Waals surface area contributed by atoms with Crippen LogP contribution < -0.4 is 5.32 Å². The van der Waals surface area contributed by atoms with Crippen molar-refractivity contribution < 1.29 is 17.6 Å². The van der Waals surface area contributed by atoms with Crippen molar-refractivity contribution in [3.05, 3.63) is 23.5 Å². The Kier molecular flexibility index (Phi) is 4.76. The zero-order valence-corrected chi connectivity index (χ0v) is 8.86. The van der Waals surface area contributed by atoms with E-state index < -0.39 is 29.2 Å². The molecule has 1 aromatic rings. The number of pyridine rings is 1. The summed E-state index contributed by atoms with van der Waals surface area (Å²) in [6.45, 7) is 0.165. The van der Waals surface area contributed by atoms with Crippen molar-refractivity contribution >= 4 is 5.69 Å². The van der Waals surface area contributed by atoms with E-state index in [4.69, 9.17) is 6.42 Å². The molecular weight excluding hydrogens is 236 g/mol. The van der Waals surface area contributed by atoms with Crippen LogP contribution in [0.1, 0.15) is 19.3 Å². The number of anilines is 1. The van der Waals surface area contributed by atoms with E-state index in [1.165, 1.54) is 0 Å². The van der Waals surface area contributed by atoms with Gasteiger partial charge in [0, 0.05) is 13.0 Å². The summed E-state index contributed by atoms with van der Waals surface area (Å²) < 4.78 is 51.5. The van der Waals surface area contributed by atoms with E-state index in [-0.39, 0.29) is 6.54 Å². The second kappa shape index (κ2) is 6.09. The number of terminal acetylenes is 1. The first kappa shape index (κ1) is 13.3. The third-order valence-electron chi connectivity index (χ3n) is 2.05. The van der Waals surface area contributed by atoms with Crippen LogP contribution in [0.5, 0.6) is 0 Å². The first-order chi connectivity index (χ1) is 8.07. The molecule has 0 bridgehead atoms. The highest BCUT2D eigenvalue weighted by Gasteiger charge is 2.19.